The molecule has 1 aliphatic carbocycles. The van der Waals surface area contributed by atoms with Crippen LogP contribution >= 0.6 is 34.7 Å². The maximum absolute atomic E-state index is 13.8. The lowest BCUT2D eigenvalue weighted by molar-refractivity contribution is -0.126. The molecule has 1 heterocycles. The minimum absolute atomic E-state index is 0.0415. The van der Waals surface area contributed by atoms with Gasteiger partial charge in [-0.2, -0.15) is 4.37 Å². The summed E-state index contributed by atoms with van der Waals surface area (Å²) in [6, 6.07) is 15.9. The Balaban J connectivity index is 1.76. The SMILES string of the molecule is COc1ccc([C@H](C(=O)NC2CCCC2)N(Cc2ccccc2)C(=O)c2nsc(Cl)c2Cl)cc1. The third kappa shape index (κ3) is 5.54. The van der Waals surface area contributed by atoms with Gasteiger partial charge in [-0.3, -0.25) is 9.59 Å². The Kier molecular flexibility index (Phi) is 8.08. The smallest absolute Gasteiger partial charge is 0.276 e. The van der Waals surface area contributed by atoms with E-state index in [2.05, 4.69) is 9.69 Å². The minimum atomic E-state index is -0.893. The van der Waals surface area contributed by atoms with Gasteiger partial charge >= 0.3 is 0 Å². The Morgan fingerprint density at radius 2 is 1.79 bits per heavy atom. The lowest BCUT2D eigenvalue weighted by Gasteiger charge is -2.32. The van der Waals surface area contributed by atoms with E-state index < -0.39 is 11.9 Å². The van der Waals surface area contributed by atoms with E-state index in [0.29, 0.717) is 11.3 Å². The first kappa shape index (κ1) is 24.5. The Morgan fingerprint density at radius 3 is 2.38 bits per heavy atom. The van der Waals surface area contributed by atoms with Gasteiger partial charge in [0.2, 0.25) is 5.91 Å². The summed E-state index contributed by atoms with van der Waals surface area (Å²) in [5.74, 6) is -0.0350. The molecule has 0 saturated heterocycles. The molecule has 0 aliphatic heterocycles. The number of benzene rings is 2. The van der Waals surface area contributed by atoms with Gasteiger partial charge in [0.05, 0.1) is 7.11 Å². The number of ether oxygens (including phenoxy) is 1. The number of aromatic nitrogens is 1. The van der Waals surface area contributed by atoms with E-state index in [-0.39, 0.29) is 33.5 Å². The summed E-state index contributed by atoms with van der Waals surface area (Å²) < 4.78 is 9.70. The number of rotatable bonds is 8. The molecule has 6 nitrogen and oxygen atoms in total. The Bertz CT molecular complexity index is 1130. The standard InChI is InChI=1S/C25H25Cl2N3O3S/c1-33-19-13-11-17(12-14-19)22(24(31)28-18-9-5-6-10-18)30(15-16-7-3-2-4-8-16)25(32)21-20(26)23(27)34-29-21/h2-4,7-8,11-14,18,22H,5-6,9-10,15H2,1H3,(H,28,31)/t22-/m1/s1. The predicted octanol–water partition coefficient (Wildman–Crippen LogP) is 5.90. The molecule has 1 N–H and O–H groups in total. The van der Waals surface area contributed by atoms with Crippen molar-refractivity contribution >= 4 is 46.5 Å². The van der Waals surface area contributed by atoms with E-state index in [1.54, 1.807) is 31.4 Å². The van der Waals surface area contributed by atoms with Crippen LogP contribution in [0.2, 0.25) is 9.36 Å². The molecule has 2 amide bonds. The number of halogens is 2. The van der Waals surface area contributed by atoms with E-state index in [9.17, 15) is 9.59 Å². The highest BCUT2D eigenvalue weighted by Gasteiger charge is 2.35. The normalized spacial score (nSPS) is 14.6. The lowest BCUT2D eigenvalue weighted by Crippen LogP contribution is -2.46. The number of carbonyl (C=O) groups excluding carboxylic acids is 2. The number of amides is 2. The zero-order valence-corrected chi connectivity index (χ0v) is 21.0. The fourth-order valence-corrected chi connectivity index (χ4v) is 5.19. The average molecular weight is 518 g/mol. The predicted molar refractivity (Wildman–Crippen MR) is 135 cm³/mol. The van der Waals surface area contributed by atoms with Gasteiger partial charge in [-0.25, -0.2) is 0 Å². The van der Waals surface area contributed by atoms with Crippen LogP contribution in [-0.4, -0.2) is 34.2 Å². The lowest BCUT2D eigenvalue weighted by atomic mass is 10.0. The zero-order chi connectivity index (χ0) is 24.1. The van der Waals surface area contributed by atoms with Crippen LogP contribution in [0.15, 0.2) is 54.6 Å². The van der Waals surface area contributed by atoms with Gasteiger partial charge in [-0.1, -0.05) is 78.5 Å². The number of hydrogen-bond donors (Lipinski definition) is 1. The molecule has 4 rings (SSSR count). The van der Waals surface area contributed by atoms with E-state index in [1.807, 2.05) is 30.3 Å². The molecule has 1 atom stereocenters. The van der Waals surface area contributed by atoms with Crippen LogP contribution in [0.4, 0.5) is 0 Å². The van der Waals surface area contributed by atoms with Crippen molar-refractivity contribution in [3.63, 3.8) is 0 Å². The number of nitrogens with one attached hydrogen (secondary N) is 1. The molecule has 0 bridgehead atoms. The molecule has 1 aliphatic rings. The number of carbonyl (C=O) groups is 2. The third-order valence-electron chi connectivity index (χ3n) is 5.95. The molecule has 2 aromatic carbocycles. The molecule has 178 valence electrons. The van der Waals surface area contributed by atoms with Crippen LogP contribution in [0.3, 0.4) is 0 Å². The van der Waals surface area contributed by atoms with Crippen molar-refractivity contribution in [3.8, 4) is 5.75 Å². The average Bonchev–Trinajstić information content (AvgIpc) is 3.49. The largest absolute Gasteiger partial charge is 0.497 e. The third-order valence-corrected chi connectivity index (χ3v) is 7.56. The summed E-state index contributed by atoms with van der Waals surface area (Å²) in [5.41, 5.74) is 1.58. The van der Waals surface area contributed by atoms with Crippen molar-refractivity contribution < 1.29 is 14.3 Å². The Morgan fingerprint density at radius 1 is 1.12 bits per heavy atom. The molecule has 9 heteroatoms. The summed E-state index contributed by atoms with van der Waals surface area (Å²) >= 11 is 13.4. The van der Waals surface area contributed by atoms with E-state index >= 15 is 0 Å². The zero-order valence-electron chi connectivity index (χ0n) is 18.7. The first-order valence-electron chi connectivity index (χ1n) is 11.1. The van der Waals surface area contributed by atoms with Crippen LogP contribution < -0.4 is 10.1 Å². The summed E-state index contributed by atoms with van der Waals surface area (Å²) in [4.78, 5) is 29.0. The maximum atomic E-state index is 13.8. The Labute approximate surface area is 213 Å². The highest BCUT2D eigenvalue weighted by molar-refractivity contribution is 7.11. The van der Waals surface area contributed by atoms with Crippen molar-refractivity contribution in [2.45, 2.75) is 44.3 Å². The molecule has 1 aromatic heterocycles. The topological polar surface area (TPSA) is 71.5 Å². The van der Waals surface area contributed by atoms with Crippen LogP contribution in [0.25, 0.3) is 0 Å². The van der Waals surface area contributed by atoms with Crippen molar-refractivity contribution in [2.24, 2.45) is 0 Å². The quantitative estimate of drug-likeness (QED) is 0.403. The molecule has 0 radical (unpaired) electrons. The van der Waals surface area contributed by atoms with Gasteiger partial charge in [-0.15, -0.1) is 0 Å². The summed E-state index contributed by atoms with van der Waals surface area (Å²) in [7, 11) is 1.58. The summed E-state index contributed by atoms with van der Waals surface area (Å²) in [6.45, 7) is 0.194. The monoisotopic (exact) mass is 517 g/mol. The Hall–Kier alpha value is -2.61. The number of hydrogen-bond acceptors (Lipinski definition) is 5. The highest BCUT2D eigenvalue weighted by Crippen LogP contribution is 2.34. The van der Waals surface area contributed by atoms with Crippen molar-refractivity contribution in [1.82, 2.24) is 14.6 Å². The van der Waals surface area contributed by atoms with E-state index in [4.69, 9.17) is 27.9 Å². The molecular formula is C25H25Cl2N3O3S. The minimum Gasteiger partial charge on any atom is -0.497 e. The second-order valence-corrected chi connectivity index (χ2v) is 9.96. The van der Waals surface area contributed by atoms with Crippen molar-refractivity contribution in [1.29, 1.82) is 0 Å². The van der Waals surface area contributed by atoms with Crippen LogP contribution in [0.5, 0.6) is 5.75 Å². The van der Waals surface area contributed by atoms with Crippen LogP contribution in [0, 0.1) is 0 Å². The van der Waals surface area contributed by atoms with Crippen LogP contribution in [0.1, 0.15) is 53.3 Å². The van der Waals surface area contributed by atoms with Gasteiger partial charge in [0, 0.05) is 12.6 Å². The van der Waals surface area contributed by atoms with Gasteiger partial charge < -0.3 is 15.0 Å². The fourth-order valence-electron chi connectivity index (χ4n) is 4.20. The number of nitrogens with zero attached hydrogens (tertiary/aromatic N) is 2. The van der Waals surface area contributed by atoms with Crippen LogP contribution in [-0.2, 0) is 11.3 Å². The van der Waals surface area contributed by atoms with Gasteiger partial charge in [0.15, 0.2) is 5.69 Å². The molecule has 3 aromatic rings. The molecule has 0 unspecified atom stereocenters. The highest BCUT2D eigenvalue weighted by atomic mass is 35.5. The molecule has 0 spiro atoms. The number of methoxy groups -OCH3 is 1. The summed E-state index contributed by atoms with van der Waals surface area (Å²) in [6.07, 6.45) is 4.03. The fraction of sp³-hybridized carbons (Fsp3) is 0.320. The van der Waals surface area contributed by atoms with Gasteiger partial charge in [0.25, 0.3) is 5.91 Å². The summed E-state index contributed by atoms with van der Waals surface area (Å²) in [5, 5.41) is 3.25. The first-order valence-corrected chi connectivity index (χ1v) is 12.6. The molecule has 1 saturated carbocycles. The van der Waals surface area contributed by atoms with E-state index in [1.165, 1.54) is 4.90 Å². The van der Waals surface area contributed by atoms with Crippen molar-refractivity contribution in [3.05, 3.63) is 80.8 Å². The van der Waals surface area contributed by atoms with Crippen molar-refractivity contribution in [2.75, 3.05) is 7.11 Å². The molecular weight excluding hydrogens is 493 g/mol. The first-order chi connectivity index (χ1) is 16.5. The second-order valence-electron chi connectivity index (χ2n) is 8.20. The maximum Gasteiger partial charge on any atom is 0.276 e. The molecule has 1 fully saturated rings. The second kappa shape index (κ2) is 11.2. The molecule has 34 heavy (non-hydrogen) atoms. The van der Waals surface area contributed by atoms with E-state index in [0.717, 1.165) is 42.8 Å². The van der Waals surface area contributed by atoms with Gasteiger partial charge in [-0.05, 0) is 47.6 Å². The van der Waals surface area contributed by atoms with Gasteiger partial charge in [0.1, 0.15) is 21.2 Å².